The van der Waals surface area contributed by atoms with E-state index in [2.05, 4.69) is 0 Å². The quantitative estimate of drug-likeness (QED) is 0.779. The van der Waals surface area contributed by atoms with Crippen molar-refractivity contribution in [1.82, 2.24) is 4.57 Å². The van der Waals surface area contributed by atoms with Crippen molar-refractivity contribution in [2.75, 3.05) is 6.61 Å². The predicted molar refractivity (Wildman–Crippen MR) is 68.7 cm³/mol. The Kier molecular flexibility index (Phi) is 3.84. The first-order valence-corrected chi connectivity index (χ1v) is 7.06. The van der Waals surface area contributed by atoms with E-state index in [9.17, 15) is 8.42 Å². The predicted octanol–water partition coefficient (Wildman–Crippen LogP) is 2.20. The molecular weight excluding hydrogens is 250 g/mol. The highest BCUT2D eigenvalue weighted by Crippen LogP contribution is 2.13. The summed E-state index contributed by atoms with van der Waals surface area (Å²) in [5.41, 5.74) is 1.02. The lowest BCUT2D eigenvalue weighted by atomic mass is 10.2. The van der Waals surface area contributed by atoms with Crippen LogP contribution >= 0.6 is 0 Å². The molecule has 0 N–H and O–H groups in total. The molecule has 4 nitrogen and oxygen atoms in total. The Labute approximate surface area is 107 Å². The molecular formula is C13H15NO3S. The van der Waals surface area contributed by atoms with Gasteiger partial charge in [-0.3, -0.25) is 4.18 Å². The van der Waals surface area contributed by atoms with Crippen molar-refractivity contribution < 1.29 is 12.6 Å². The Morgan fingerprint density at radius 1 is 1.11 bits per heavy atom. The van der Waals surface area contributed by atoms with Gasteiger partial charge in [-0.05, 0) is 31.2 Å². The maximum absolute atomic E-state index is 11.8. The van der Waals surface area contributed by atoms with Gasteiger partial charge in [-0.1, -0.05) is 17.7 Å². The van der Waals surface area contributed by atoms with Crippen molar-refractivity contribution in [3.05, 3.63) is 54.4 Å². The van der Waals surface area contributed by atoms with Crippen LogP contribution in [0.15, 0.2) is 53.7 Å². The van der Waals surface area contributed by atoms with E-state index in [1.54, 1.807) is 24.3 Å². The number of hydrogen-bond donors (Lipinski definition) is 0. The molecule has 1 aromatic carbocycles. The zero-order valence-electron chi connectivity index (χ0n) is 10.1. The number of hydrogen-bond acceptors (Lipinski definition) is 3. The first-order valence-electron chi connectivity index (χ1n) is 5.65. The number of benzene rings is 1. The van der Waals surface area contributed by atoms with Crippen LogP contribution in [0.25, 0.3) is 0 Å². The van der Waals surface area contributed by atoms with Gasteiger partial charge in [0.15, 0.2) is 0 Å². The molecule has 0 aliphatic carbocycles. The van der Waals surface area contributed by atoms with Gasteiger partial charge in [-0.15, -0.1) is 0 Å². The standard InChI is InChI=1S/C13H15NO3S/c1-12-4-6-13(7-5-12)18(15,16)17-11-10-14-8-2-3-9-14/h2-9H,10-11H2,1H3. The summed E-state index contributed by atoms with van der Waals surface area (Å²) in [5, 5.41) is 0. The molecule has 0 atom stereocenters. The van der Waals surface area contributed by atoms with Crippen LogP contribution in [0.4, 0.5) is 0 Å². The molecule has 0 spiro atoms. The summed E-state index contributed by atoms with van der Waals surface area (Å²) in [5.74, 6) is 0. The fraction of sp³-hybridized carbons (Fsp3) is 0.231. The van der Waals surface area contributed by atoms with E-state index in [0.29, 0.717) is 6.54 Å². The zero-order valence-corrected chi connectivity index (χ0v) is 10.9. The molecule has 1 aromatic heterocycles. The summed E-state index contributed by atoms with van der Waals surface area (Å²) >= 11 is 0. The number of aryl methyl sites for hydroxylation is 1. The Balaban J connectivity index is 1.97. The van der Waals surface area contributed by atoms with Crippen LogP contribution < -0.4 is 0 Å². The summed E-state index contributed by atoms with van der Waals surface area (Å²) in [4.78, 5) is 0.195. The molecule has 0 amide bonds. The third-order valence-corrected chi connectivity index (χ3v) is 3.89. The molecule has 0 saturated carbocycles. The second-order valence-electron chi connectivity index (χ2n) is 4.01. The average Bonchev–Trinajstić information content (AvgIpc) is 2.82. The van der Waals surface area contributed by atoms with E-state index < -0.39 is 10.1 Å². The highest BCUT2D eigenvalue weighted by Gasteiger charge is 2.14. The maximum Gasteiger partial charge on any atom is 0.297 e. The van der Waals surface area contributed by atoms with Crippen LogP contribution in [0.1, 0.15) is 5.56 Å². The highest BCUT2D eigenvalue weighted by molar-refractivity contribution is 7.86. The van der Waals surface area contributed by atoms with Crippen molar-refractivity contribution in [2.45, 2.75) is 18.4 Å². The molecule has 2 rings (SSSR count). The van der Waals surface area contributed by atoms with E-state index in [1.165, 1.54) is 0 Å². The van der Waals surface area contributed by atoms with E-state index in [4.69, 9.17) is 4.18 Å². The van der Waals surface area contributed by atoms with Crippen molar-refractivity contribution in [1.29, 1.82) is 0 Å². The Morgan fingerprint density at radius 2 is 1.72 bits per heavy atom. The Morgan fingerprint density at radius 3 is 2.33 bits per heavy atom. The lowest BCUT2D eigenvalue weighted by Gasteiger charge is -2.06. The van der Waals surface area contributed by atoms with Gasteiger partial charge in [0.05, 0.1) is 11.5 Å². The SMILES string of the molecule is Cc1ccc(S(=O)(=O)OCCn2cccc2)cc1. The largest absolute Gasteiger partial charge is 0.352 e. The second-order valence-corrected chi connectivity index (χ2v) is 5.63. The highest BCUT2D eigenvalue weighted by atomic mass is 32.2. The van der Waals surface area contributed by atoms with Crippen LogP contribution in [0.5, 0.6) is 0 Å². The topological polar surface area (TPSA) is 48.3 Å². The van der Waals surface area contributed by atoms with Crippen molar-refractivity contribution in [2.24, 2.45) is 0 Å². The molecule has 96 valence electrons. The number of aromatic nitrogens is 1. The number of nitrogens with zero attached hydrogens (tertiary/aromatic N) is 1. The fourth-order valence-electron chi connectivity index (χ4n) is 1.54. The van der Waals surface area contributed by atoms with Crippen LogP contribution in [0, 0.1) is 6.92 Å². The van der Waals surface area contributed by atoms with Crippen molar-refractivity contribution in [3.63, 3.8) is 0 Å². The van der Waals surface area contributed by atoms with Gasteiger partial charge in [0.2, 0.25) is 0 Å². The number of rotatable bonds is 5. The minimum Gasteiger partial charge on any atom is -0.352 e. The first kappa shape index (κ1) is 12.9. The third kappa shape index (κ3) is 3.21. The first-order chi connectivity index (χ1) is 8.58. The van der Waals surface area contributed by atoms with Gasteiger partial charge in [0, 0.05) is 18.9 Å². The molecule has 0 bridgehead atoms. The van der Waals surface area contributed by atoms with Gasteiger partial charge in [-0.25, -0.2) is 0 Å². The molecule has 0 fully saturated rings. The van der Waals surface area contributed by atoms with Crippen LogP contribution in [0.3, 0.4) is 0 Å². The van der Waals surface area contributed by atoms with Gasteiger partial charge in [0.25, 0.3) is 10.1 Å². The lowest BCUT2D eigenvalue weighted by molar-refractivity contribution is 0.301. The van der Waals surface area contributed by atoms with E-state index >= 15 is 0 Å². The lowest BCUT2D eigenvalue weighted by Crippen LogP contribution is -2.11. The van der Waals surface area contributed by atoms with Gasteiger partial charge >= 0.3 is 0 Å². The normalized spacial score (nSPS) is 11.6. The molecule has 5 heteroatoms. The van der Waals surface area contributed by atoms with E-state index in [1.807, 2.05) is 36.0 Å². The molecule has 0 unspecified atom stereocenters. The average molecular weight is 265 g/mol. The Hall–Kier alpha value is -1.59. The summed E-state index contributed by atoms with van der Waals surface area (Å²) < 4.78 is 30.5. The molecule has 0 aliphatic rings. The molecule has 2 aromatic rings. The van der Waals surface area contributed by atoms with Gasteiger partial charge in [0.1, 0.15) is 0 Å². The van der Waals surface area contributed by atoms with Gasteiger partial charge < -0.3 is 4.57 Å². The molecule has 18 heavy (non-hydrogen) atoms. The molecule has 0 radical (unpaired) electrons. The van der Waals surface area contributed by atoms with Crippen molar-refractivity contribution in [3.8, 4) is 0 Å². The minimum atomic E-state index is -3.64. The monoisotopic (exact) mass is 265 g/mol. The smallest absolute Gasteiger partial charge is 0.297 e. The van der Waals surface area contributed by atoms with E-state index in [-0.39, 0.29) is 11.5 Å². The maximum atomic E-state index is 11.8. The van der Waals surface area contributed by atoms with Crippen LogP contribution in [0.2, 0.25) is 0 Å². The third-order valence-electron chi connectivity index (χ3n) is 2.56. The fourth-order valence-corrected chi connectivity index (χ4v) is 2.44. The van der Waals surface area contributed by atoms with Crippen molar-refractivity contribution >= 4 is 10.1 Å². The zero-order chi connectivity index (χ0) is 13.0. The van der Waals surface area contributed by atoms with E-state index in [0.717, 1.165) is 5.56 Å². The van der Waals surface area contributed by atoms with Gasteiger partial charge in [-0.2, -0.15) is 8.42 Å². The molecule has 0 saturated heterocycles. The van der Waals surface area contributed by atoms with Crippen LogP contribution in [-0.4, -0.2) is 19.6 Å². The second kappa shape index (κ2) is 5.37. The summed E-state index contributed by atoms with van der Waals surface area (Å²) in [6.07, 6.45) is 3.73. The molecule has 0 aliphatic heterocycles. The summed E-state index contributed by atoms with van der Waals surface area (Å²) in [6.45, 7) is 2.55. The minimum absolute atomic E-state index is 0.130. The summed E-state index contributed by atoms with van der Waals surface area (Å²) in [6, 6.07) is 10.4. The van der Waals surface area contributed by atoms with Crippen LogP contribution in [-0.2, 0) is 20.8 Å². The summed E-state index contributed by atoms with van der Waals surface area (Å²) in [7, 11) is -3.64. The molecule has 1 heterocycles. The Bertz CT molecular complexity index is 586.